The smallest absolute Gasteiger partial charge is 0.410 e. The van der Waals surface area contributed by atoms with Crippen LogP contribution in [0.25, 0.3) is 0 Å². The van der Waals surface area contributed by atoms with Crippen LogP contribution in [0.1, 0.15) is 61.3 Å². The van der Waals surface area contributed by atoms with Crippen molar-refractivity contribution in [1.82, 2.24) is 4.90 Å². The second kappa shape index (κ2) is 11.7. The molecule has 0 saturated carbocycles. The van der Waals surface area contributed by atoms with Crippen LogP contribution in [-0.2, 0) is 23.8 Å². The largest absolute Gasteiger partial charge is 0.471 e. The molecule has 1 rings (SSSR count). The maximum atomic E-state index is 11.4. The molecule has 1 amide bonds. The van der Waals surface area contributed by atoms with Crippen LogP contribution in [0.2, 0.25) is 0 Å². The quantitative estimate of drug-likeness (QED) is 0.412. The molecule has 1 heterocycles. The SMILES string of the molecule is CC(=O)OC(C)(C)C.CC(C)(C)OC(=O)N1CCCC1.COC=O. The number of carbonyl (C=O) groups excluding carboxylic acids is 3. The molecule has 0 atom stereocenters. The molecule has 7 nitrogen and oxygen atoms in total. The third-order valence-electron chi connectivity index (χ3n) is 2.30. The van der Waals surface area contributed by atoms with Crippen molar-refractivity contribution in [3.8, 4) is 0 Å². The van der Waals surface area contributed by atoms with Crippen molar-refractivity contribution in [2.24, 2.45) is 0 Å². The fourth-order valence-corrected chi connectivity index (χ4v) is 1.66. The number of nitrogens with zero attached hydrogens (tertiary/aromatic N) is 1. The molecular weight excluding hydrogens is 314 g/mol. The number of esters is 1. The molecule has 1 aliphatic rings. The highest BCUT2D eigenvalue weighted by Gasteiger charge is 2.23. The molecule has 7 heteroatoms. The minimum Gasteiger partial charge on any atom is -0.471 e. The van der Waals surface area contributed by atoms with E-state index in [1.54, 1.807) is 4.90 Å². The number of hydrogen-bond acceptors (Lipinski definition) is 6. The first-order valence-electron chi connectivity index (χ1n) is 7.96. The van der Waals surface area contributed by atoms with Crippen LogP contribution in [0.3, 0.4) is 0 Å². The molecule has 0 spiro atoms. The van der Waals surface area contributed by atoms with Gasteiger partial charge in [-0.1, -0.05) is 0 Å². The van der Waals surface area contributed by atoms with Gasteiger partial charge in [0.2, 0.25) is 0 Å². The Balaban J connectivity index is 0. The number of hydrogen-bond donors (Lipinski definition) is 0. The van der Waals surface area contributed by atoms with E-state index in [0.717, 1.165) is 25.9 Å². The van der Waals surface area contributed by atoms with Crippen molar-refractivity contribution in [2.45, 2.75) is 72.5 Å². The molecule has 0 aromatic rings. The normalized spacial score (nSPS) is 13.6. The lowest BCUT2D eigenvalue weighted by molar-refractivity contribution is -0.151. The summed E-state index contributed by atoms with van der Waals surface area (Å²) in [6, 6.07) is 0. The van der Waals surface area contributed by atoms with Gasteiger partial charge in [-0.25, -0.2) is 4.79 Å². The maximum Gasteiger partial charge on any atom is 0.410 e. The summed E-state index contributed by atoms with van der Waals surface area (Å²) in [7, 11) is 1.31. The molecule has 142 valence electrons. The third kappa shape index (κ3) is 18.3. The summed E-state index contributed by atoms with van der Waals surface area (Å²) in [4.78, 5) is 32.3. The Morgan fingerprint density at radius 3 is 1.50 bits per heavy atom. The minimum atomic E-state index is -0.361. The number of amides is 1. The van der Waals surface area contributed by atoms with E-state index in [1.165, 1.54) is 14.0 Å². The van der Waals surface area contributed by atoms with Gasteiger partial charge < -0.3 is 19.1 Å². The highest BCUT2D eigenvalue weighted by atomic mass is 16.6. The van der Waals surface area contributed by atoms with Crippen molar-refractivity contribution >= 4 is 18.5 Å². The topological polar surface area (TPSA) is 82.1 Å². The molecular formula is C17H33NO6. The number of rotatable bonds is 1. The van der Waals surface area contributed by atoms with E-state index in [-0.39, 0.29) is 23.3 Å². The van der Waals surface area contributed by atoms with Crippen molar-refractivity contribution in [3.05, 3.63) is 0 Å². The first-order valence-corrected chi connectivity index (χ1v) is 7.96. The van der Waals surface area contributed by atoms with E-state index in [0.29, 0.717) is 6.47 Å². The molecule has 0 radical (unpaired) electrons. The molecule has 0 bridgehead atoms. The summed E-state index contributed by atoms with van der Waals surface area (Å²) in [5.74, 6) is -0.225. The Labute approximate surface area is 145 Å². The monoisotopic (exact) mass is 347 g/mol. The van der Waals surface area contributed by atoms with Gasteiger partial charge in [0.25, 0.3) is 6.47 Å². The van der Waals surface area contributed by atoms with Gasteiger partial charge in [0, 0.05) is 20.0 Å². The fraction of sp³-hybridized carbons (Fsp3) is 0.824. The van der Waals surface area contributed by atoms with Gasteiger partial charge in [0.1, 0.15) is 11.2 Å². The number of carbonyl (C=O) groups is 3. The molecule has 0 aromatic carbocycles. The number of likely N-dealkylation sites (tertiary alicyclic amines) is 1. The van der Waals surface area contributed by atoms with Crippen LogP contribution in [0, 0.1) is 0 Å². The molecule has 0 N–H and O–H groups in total. The predicted octanol–water partition coefficient (Wildman–Crippen LogP) is 3.15. The molecule has 1 fully saturated rings. The Bertz CT molecular complexity index is 376. The van der Waals surface area contributed by atoms with Gasteiger partial charge in [0.15, 0.2) is 0 Å². The average molecular weight is 347 g/mol. The van der Waals surface area contributed by atoms with Crippen LogP contribution in [0.5, 0.6) is 0 Å². The predicted molar refractivity (Wildman–Crippen MR) is 91.6 cm³/mol. The summed E-state index contributed by atoms with van der Waals surface area (Å²) in [6.07, 6.45) is 2.05. The summed E-state index contributed by atoms with van der Waals surface area (Å²) < 4.78 is 13.9. The second-order valence-corrected chi connectivity index (χ2v) is 7.21. The van der Waals surface area contributed by atoms with E-state index >= 15 is 0 Å². The molecule has 0 aromatic heterocycles. The van der Waals surface area contributed by atoms with Gasteiger partial charge in [-0.3, -0.25) is 9.59 Å². The van der Waals surface area contributed by atoms with Crippen molar-refractivity contribution in [3.63, 3.8) is 0 Å². The lowest BCUT2D eigenvalue weighted by Gasteiger charge is -2.23. The van der Waals surface area contributed by atoms with Crippen LogP contribution < -0.4 is 0 Å². The van der Waals surface area contributed by atoms with Crippen molar-refractivity contribution in [2.75, 3.05) is 20.2 Å². The van der Waals surface area contributed by atoms with Crippen LogP contribution >= 0.6 is 0 Å². The van der Waals surface area contributed by atoms with Crippen molar-refractivity contribution in [1.29, 1.82) is 0 Å². The zero-order valence-electron chi connectivity index (χ0n) is 16.3. The van der Waals surface area contributed by atoms with Crippen molar-refractivity contribution < 1.29 is 28.6 Å². The second-order valence-electron chi connectivity index (χ2n) is 7.21. The lowest BCUT2D eigenvalue weighted by atomic mass is 10.2. The summed E-state index contributed by atoms with van der Waals surface area (Å²) in [5.41, 5.74) is -0.689. The zero-order valence-corrected chi connectivity index (χ0v) is 16.3. The van der Waals surface area contributed by atoms with Gasteiger partial charge in [0.05, 0.1) is 7.11 Å². The Hall–Kier alpha value is -1.79. The van der Waals surface area contributed by atoms with Crippen LogP contribution in [0.15, 0.2) is 0 Å². The Morgan fingerprint density at radius 2 is 1.29 bits per heavy atom. The van der Waals surface area contributed by atoms with Gasteiger partial charge >= 0.3 is 12.1 Å². The van der Waals surface area contributed by atoms with Gasteiger partial charge in [-0.15, -0.1) is 0 Å². The Morgan fingerprint density at radius 1 is 0.917 bits per heavy atom. The summed E-state index contributed by atoms with van der Waals surface area (Å²) >= 11 is 0. The highest BCUT2D eigenvalue weighted by molar-refractivity contribution is 5.68. The highest BCUT2D eigenvalue weighted by Crippen LogP contribution is 2.14. The number of methoxy groups -OCH3 is 1. The summed E-state index contributed by atoms with van der Waals surface area (Å²) in [5, 5.41) is 0. The standard InChI is InChI=1S/C9H17NO2.C6H12O2.C2H4O2/c1-9(2,3)12-8(11)10-6-4-5-7-10;1-5(7)8-6(2,3)4;1-4-2-3/h4-7H2,1-3H3;1-4H3;2H,1H3. The molecule has 1 aliphatic heterocycles. The average Bonchev–Trinajstić information content (AvgIpc) is 2.88. The van der Waals surface area contributed by atoms with E-state index in [4.69, 9.17) is 14.3 Å². The first-order chi connectivity index (χ1) is 10.8. The molecule has 0 aliphatic carbocycles. The fourth-order valence-electron chi connectivity index (χ4n) is 1.66. The molecule has 1 saturated heterocycles. The molecule has 0 unspecified atom stereocenters. The molecule has 24 heavy (non-hydrogen) atoms. The van der Waals surface area contributed by atoms with E-state index in [2.05, 4.69) is 4.74 Å². The maximum absolute atomic E-state index is 11.4. The zero-order chi connectivity index (χ0) is 19.4. The minimum absolute atomic E-state index is 0.167. The lowest BCUT2D eigenvalue weighted by Crippen LogP contribution is -2.34. The van der Waals surface area contributed by atoms with Crippen LogP contribution in [-0.4, -0.2) is 54.8 Å². The first kappa shape index (κ1) is 24.5. The number of ether oxygens (including phenoxy) is 3. The van der Waals surface area contributed by atoms with Crippen LogP contribution in [0.4, 0.5) is 4.79 Å². The van der Waals surface area contributed by atoms with E-state index < -0.39 is 0 Å². The van der Waals surface area contributed by atoms with E-state index in [1.807, 2.05) is 41.5 Å². The van der Waals surface area contributed by atoms with Gasteiger partial charge in [-0.05, 0) is 54.4 Å². The van der Waals surface area contributed by atoms with Gasteiger partial charge in [-0.2, -0.15) is 0 Å². The summed E-state index contributed by atoms with van der Waals surface area (Å²) in [6.45, 7) is 14.7. The third-order valence-corrected chi connectivity index (χ3v) is 2.30. The van der Waals surface area contributed by atoms with E-state index in [9.17, 15) is 9.59 Å². The Kier molecular flexibility index (Phi) is 11.9.